The Morgan fingerprint density at radius 1 is 1.30 bits per heavy atom. The van der Waals surface area contributed by atoms with Gasteiger partial charge in [0.25, 0.3) is 0 Å². The van der Waals surface area contributed by atoms with E-state index >= 15 is 0 Å². The van der Waals surface area contributed by atoms with E-state index in [1.165, 1.54) is 31.2 Å². The maximum Gasteiger partial charge on any atom is 0.0877 e. The number of nitrogens with zero attached hydrogens (tertiary/aromatic N) is 2. The van der Waals surface area contributed by atoms with Crippen LogP contribution in [0.25, 0.3) is 0 Å². The summed E-state index contributed by atoms with van der Waals surface area (Å²) in [5, 5.41) is 7.93. The van der Waals surface area contributed by atoms with Gasteiger partial charge in [-0.2, -0.15) is 5.10 Å². The first-order valence-corrected chi connectivity index (χ1v) is 8.09. The van der Waals surface area contributed by atoms with Crippen LogP contribution in [0.1, 0.15) is 64.0 Å². The van der Waals surface area contributed by atoms with Crippen molar-refractivity contribution in [3.8, 4) is 0 Å². The lowest BCUT2D eigenvalue weighted by Gasteiger charge is -2.39. The first kappa shape index (κ1) is 15.5. The maximum atomic E-state index is 6.30. The topological polar surface area (TPSA) is 39.1 Å². The van der Waals surface area contributed by atoms with E-state index in [0.29, 0.717) is 0 Å². The first-order valence-electron chi connectivity index (χ1n) is 8.09. The average Bonchev–Trinajstić information content (AvgIpc) is 2.80. The highest BCUT2D eigenvalue weighted by Crippen LogP contribution is 2.40. The van der Waals surface area contributed by atoms with Crippen molar-refractivity contribution >= 4 is 0 Å². The summed E-state index contributed by atoms with van der Waals surface area (Å²) in [5.74, 6) is 0. The lowest BCUT2D eigenvalue weighted by Crippen LogP contribution is -2.45. The van der Waals surface area contributed by atoms with E-state index < -0.39 is 0 Å². The highest BCUT2D eigenvalue weighted by molar-refractivity contribution is 5.16. The summed E-state index contributed by atoms with van der Waals surface area (Å²) in [6.45, 7) is 5.92. The number of rotatable bonds is 6. The molecule has 2 rings (SSSR count). The summed E-state index contributed by atoms with van der Waals surface area (Å²) < 4.78 is 8.30. The molecule has 1 saturated carbocycles. The molecule has 1 aromatic rings. The normalized spacial score (nSPS) is 20.6. The molecule has 4 nitrogen and oxygen atoms in total. The van der Waals surface area contributed by atoms with E-state index in [9.17, 15) is 0 Å². The quantitative estimate of drug-likeness (QED) is 0.812. The van der Waals surface area contributed by atoms with Crippen molar-refractivity contribution in [2.24, 2.45) is 0 Å². The molecule has 1 heterocycles. The van der Waals surface area contributed by atoms with Crippen molar-refractivity contribution in [2.45, 2.75) is 70.6 Å². The summed E-state index contributed by atoms with van der Waals surface area (Å²) >= 11 is 0. The Morgan fingerprint density at radius 2 is 2.00 bits per heavy atom. The SMILES string of the molecule is CCOC1(C(NC)c2cnn(CC)c2)CCCCCC1. The molecule has 1 atom stereocenters. The van der Waals surface area contributed by atoms with Crippen molar-refractivity contribution < 1.29 is 4.74 Å². The van der Waals surface area contributed by atoms with Gasteiger partial charge >= 0.3 is 0 Å². The predicted molar refractivity (Wildman–Crippen MR) is 81.8 cm³/mol. The number of aryl methyl sites for hydroxylation is 1. The fraction of sp³-hybridized carbons (Fsp3) is 0.812. The summed E-state index contributed by atoms with van der Waals surface area (Å²) in [4.78, 5) is 0. The van der Waals surface area contributed by atoms with Crippen molar-refractivity contribution in [3.05, 3.63) is 18.0 Å². The summed E-state index contributed by atoms with van der Waals surface area (Å²) in [5.41, 5.74) is 1.19. The van der Waals surface area contributed by atoms with Crippen molar-refractivity contribution in [1.29, 1.82) is 0 Å². The zero-order valence-electron chi connectivity index (χ0n) is 13.2. The van der Waals surface area contributed by atoms with Gasteiger partial charge < -0.3 is 10.1 Å². The van der Waals surface area contributed by atoms with E-state index in [-0.39, 0.29) is 11.6 Å². The molecular formula is C16H29N3O. The average molecular weight is 279 g/mol. The zero-order chi connectivity index (χ0) is 14.4. The second kappa shape index (κ2) is 7.23. The molecule has 20 heavy (non-hydrogen) atoms. The minimum absolute atomic E-state index is 0.0679. The third kappa shape index (κ3) is 3.23. The molecule has 0 spiro atoms. The molecule has 1 aliphatic rings. The molecule has 1 fully saturated rings. The van der Waals surface area contributed by atoms with Crippen LogP contribution in [0, 0.1) is 0 Å². The minimum atomic E-state index is -0.0679. The summed E-state index contributed by atoms with van der Waals surface area (Å²) in [6, 6.07) is 0.237. The number of ether oxygens (including phenoxy) is 1. The number of hydrogen-bond acceptors (Lipinski definition) is 3. The molecule has 1 aliphatic carbocycles. The van der Waals surface area contributed by atoms with E-state index in [2.05, 4.69) is 30.5 Å². The Morgan fingerprint density at radius 3 is 2.50 bits per heavy atom. The van der Waals surface area contributed by atoms with Gasteiger partial charge in [-0.1, -0.05) is 25.7 Å². The van der Waals surface area contributed by atoms with Crippen LogP contribution < -0.4 is 5.32 Å². The Bertz CT molecular complexity index is 394. The third-order valence-corrected chi connectivity index (χ3v) is 4.51. The van der Waals surface area contributed by atoms with Crippen molar-refractivity contribution in [3.63, 3.8) is 0 Å². The van der Waals surface area contributed by atoms with E-state index in [1.54, 1.807) is 0 Å². The van der Waals surface area contributed by atoms with Crippen LogP contribution in [0.2, 0.25) is 0 Å². The third-order valence-electron chi connectivity index (χ3n) is 4.51. The van der Waals surface area contributed by atoms with Crippen LogP contribution in [0.4, 0.5) is 0 Å². The van der Waals surface area contributed by atoms with Crippen molar-refractivity contribution in [1.82, 2.24) is 15.1 Å². The monoisotopic (exact) mass is 279 g/mol. The van der Waals surface area contributed by atoms with Gasteiger partial charge in [-0.25, -0.2) is 0 Å². The predicted octanol–water partition coefficient (Wildman–Crippen LogP) is 3.29. The molecule has 0 saturated heterocycles. The van der Waals surface area contributed by atoms with Gasteiger partial charge in [0.2, 0.25) is 0 Å². The lowest BCUT2D eigenvalue weighted by atomic mass is 9.83. The molecular weight excluding hydrogens is 250 g/mol. The van der Waals surface area contributed by atoms with E-state index in [1.807, 2.05) is 17.9 Å². The Hall–Kier alpha value is -0.870. The fourth-order valence-corrected chi connectivity index (χ4v) is 3.57. The molecule has 0 radical (unpaired) electrons. The molecule has 1 unspecified atom stereocenters. The molecule has 1 N–H and O–H groups in total. The van der Waals surface area contributed by atoms with E-state index in [4.69, 9.17) is 4.74 Å². The molecule has 114 valence electrons. The lowest BCUT2D eigenvalue weighted by molar-refractivity contribution is -0.0767. The molecule has 0 bridgehead atoms. The van der Waals surface area contributed by atoms with Gasteiger partial charge in [0.15, 0.2) is 0 Å². The van der Waals surface area contributed by atoms with Crippen LogP contribution in [-0.4, -0.2) is 29.0 Å². The molecule has 0 aromatic carbocycles. The van der Waals surface area contributed by atoms with Gasteiger partial charge in [-0.15, -0.1) is 0 Å². The number of likely N-dealkylation sites (N-methyl/N-ethyl adjacent to an activating group) is 1. The fourth-order valence-electron chi connectivity index (χ4n) is 3.57. The molecule has 1 aromatic heterocycles. The van der Waals surface area contributed by atoms with Crippen LogP contribution in [0.3, 0.4) is 0 Å². The van der Waals surface area contributed by atoms with Gasteiger partial charge in [-0.3, -0.25) is 4.68 Å². The number of nitrogens with one attached hydrogen (secondary N) is 1. The van der Waals surface area contributed by atoms with Gasteiger partial charge in [0.05, 0.1) is 17.8 Å². The number of aromatic nitrogens is 2. The van der Waals surface area contributed by atoms with Crippen LogP contribution in [-0.2, 0) is 11.3 Å². The van der Waals surface area contributed by atoms with Crippen LogP contribution >= 0.6 is 0 Å². The number of hydrogen-bond donors (Lipinski definition) is 1. The smallest absolute Gasteiger partial charge is 0.0877 e. The standard InChI is InChI=1S/C16H29N3O/c1-4-19-13-14(12-18-19)15(17-3)16(20-5-2)10-8-6-7-9-11-16/h12-13,15,17H,4-11H2,1-3H3. The van der Waals surface area contributed by atoms with Crippen LogP contribution in [0.15, 0.2) is 12.4 Å². The van der Waals surface area contributed by atoms with E-state index in [0.717, 1.165) is 26.0 Å². The Labute approximate surface area is 122 Å². The maximum absolute atomic E-state index is 6.30. The highest BCUT2D eigenvalue weighted by Gasteiger charge is 2.40. The van der Waals surface area contributed by atoms with Gasteiger partial charge in [0, 0.05) is 24.9 Å². The van der Waals surface area contributed by atoms with Gasteiger partial charge in [0.1, 0.15) is 0 Å². The minimum Gasteiger partial charge on any atom is -0.373 e. The summed E-state index contributed by atoms with van der Waals surface area (Å²) in [7, 11) is 2.04. The molecule has 0 aliphatic heterocycles. The summed E-state index contributed by atoms with van der Waals surface area (Å²) in [6.07, 6.45) is 11.6. The zero-order valence-corrected chi connectivity index (χ0v) is 13.2. The first-order chi connectivity index (χ1) is 9.75. The van der Waals surface area contributed by atoms with Crippen molar-refractivity contribution in [2.75, 3.05) is 13.7 Å². The second-order valence-corrected chi connectivity index (χ2v) is 5.76. The Balaban J connectivity index is 2.27. The highest BCUT2D eigenvalue weighted by atomic mass is 16.5. The van der Waals surface area contributed by atoms with Crippen LogP contribution in [0.5, 0.6) is 0 Å². The largest absolute Gasteiger partial charge is 0.373 e. The molecule has 0 amide bonds. The second-order valence-electron chi connectivity index (χ2n) is 5.76. The Kier molecular flexibility index (Phi) is 5.61. The molecule has 4 heteroatoms. The van der Waals surface area contributed by atoms with Gasteiger partial charge in [-0.05, 0) is 33.7 Å².